The van der Waals surface area contributed by atoms with Gasteiger partial charge < -0.3 is 19.7 Å². The van der Waals surface area contributed by atoms with Crippen molar-refractivity contribution in [1.82, 2.24) is 10.2 Å². The minimum atomic E-state index is -0.519. The van der Waals surface area contributed by atoms with Crippen LogP contribution in [0.3, 0.4) is 0 Å². The third-order valence-electron chi connectivity index (χ3n) is 4.12. The van der Waals surface area contributed by atoms with Gasteiger partial charge in [0.15, 0.2) is 0 Å². The Hall–Kier alpha value is -2.24. The maximum atomic E-state index is 12.2. The monoisotopic (exact) mass is 362 g/mol. The van der Waals surface area contributed by atoms with Crippen molar-refractivity contribution >= 4 is 12.0 Å². The van der Waals surface area contributed by atoms with Gasteiger partial charge in [-0.3, -0.25) is 4.79 Å². The molecule has 1 aliphatic heterocycles. The van der Waals surface area contributed by atoms with Crippen LogP contribution in [0.2, 0.25) is 0 Å². The Morgan fingerprint density at radius 1 is 1.23 bits per heavy atom. The second kappa shape index (κ2) is 8.92. The van der Waals surface area contributed by atoms with E-state index >= 15 is 0 Å². The van der Waals surface area contributed by atoms with Crippen molar-refractivity contribution in [2.75, 3.05) is 26.2 Å². The molecule has 6 heteroatoms. The van der Waals surface area contributed by atoms with Crippen LogP contribution in [-0.2, 0) is 9.53 Å². The molecule has 6 nitrogen and oxygen atoms in total. The van der Waals surface area contributed by atoms with Gasteiger partial charge in [0.05, 0.1) is 12.5 Å². The SMILES string of the molecule is Cc1ccc(OCCCNC(=O)C2CCN(C(=O)OC(C)(C)C)C2)cc1. The highest BCUT2D eigenvalue weighted by molar-refractivity contribution is 5.80. The standard InChI is InChI=1S/C20H30N2O4/c1-15-6-8-17(9-7-15)25-13-5-11-21-18(23)16-10-12-22(14-16)19(24)26-20(2,3)4/h6-9,16H,5,10-14H2,1-4H3,(H,21,23). The number of carbonyl (C=O) groups excluding carboxylic acids is 2. The lowest BCUT2D eigenvalue weighted by molar-refractivity contribution is -0.124. The van der Waals surface area contributed by atoms with Gasteiger partial charge in [-0.05, 0) is 52.7 Å². The van der Waals surface area contributed by atoms with E-state index < -0.39 is 5.60 Å². The molecule has 26 heavy (non-hydrogen) atoms. The van der Waals surface area contributed by atoms with Gasteiger partial charge in [0.25, 0.3) is 0 Å². The van der Waals surface area contributed by atoms with E-state index in [1.165, 1.54) is 5.56 Å². The van der Waals surface area contributed by atoms with Crippen LogP contribution in [0, 0.1) is 12.8 Å². The first-order valence-corrected chi connectivity index (χ1v) is 9.20. The molecule has 1 unspecified atom stereocenters. The van der Waals surface area contributed by atoms with E-state index in [0.717, 1.165) is 12.2 Å². The summed E-state index contributed by atoms with van der Waals surface area (Å²) in [4.78, 5) is 25.9. The minimum Gasteiger partial charge on any atom is -0.494 e. The molecule has 0 radical (unpaired) electrons. The lowest BCUT2D eigenvalue weighted by atomic mass is 10.1. The van der Waals surface area contributed by atoms with Crippen molar-refractivity contribution in [2.24, 2.45) is 5.92 Å². The average Bonchev–Trinajstić information content (AvgIpc) is 3.05. The van der Waals surface area contributed by atoms with E-state index in [1.54, 1.807) is 4.90 Å². The fourth-order valence-corrected chi connectivity index (χ4v) is 2.72. The number of rotatable bonds is 6. The normalized spacial score (nSPS) is 17.1. The zero-order valence-electron chi connectivity index (χ0n) is 16.2. The Labute approximate surface area is 155 Å². The first-order chi connectivity index (χ1) is 12.2. The third-order valence-corrected chi connectivity index (χ3v) is 4.12. The highest BCUT2D eigenvalue weighted by atomic mass is 16.6. The van der Waals surface area contributed by atoms with Crippen LogP contribution >= 0.6 is 0 Å². The topological polar surface area (TPSA) is 67.9 Å². The Balaban J connectivity index is 1.62. The lowest BCUT2D eigenvalue weighted by Crippen LogP contribution is -2.37. The fraction of sp³-hybridized carbons (Fsp3) is 0.600. The van der Waals surface area contributed by atoms with Crippen molar-refractivity contribution in [2.45, 2.75) is 46.1 Å². The second-order valence-corrected chi connectivity index (χ2v) is 7.72. The number of nitrogens with one attached hydrogen (secondary N) is 1. The van der Waals surface area contributed by atoms with Crippen molar-refractivity contribution in [3.05, 3.63) is 29.8 Å². The Morgan fingerprint density at radius 3 is 2.58 bits per heavy atom. The summed E-state index contributed by atoms with van der Waals surface area (Å²) in [6, 6.07) is 7.90. The van der Waals surface area contributed by atoms with Crippen molar-refractivity contribution in [1.29, 1.82) is 0 Å². The van der Waals surface area contributed by atoms with Crippen molar-refractivity contribution in [3.63, 3.8) is 0 Å². The Morgan fingerprint density at radius 2 is 1.92 bits per heavy atom. The van der Waals surface area contributed by atoms with Gasteiger partial charge in [-0.1, -0.05) is 17.7 Å². The number of nitrogens with zero attached hydrogens (tertiary/aromatic N) is 1. The minimum absolute atomic E-state index is 0.00797. The van der Waals surface area contributed by atoms with Gasteiger partial charge in [-0.2, -0.15) is 0 Å². The number of hydrogen-bond donors (Lipinski definition) is 1. The van der Waals surface area contributed by atoms with Gasteiger partial charge in [0.2, 0.25) is 5.91 Å². The third kappa shape index (κ3) is 6.58. The molecule has 0 spiro atoms. The summed E-state index contributed by atoms with van der Waals surface area (Å²) in [6.45, 7) is 9.64. The Bertz CT molecular complexity index is 607. The summed E-state index contributed by atoms with van der Waals surface area (Å²) in [5, 5.41) is 2.93. The number of likely N-dealkylation sites (tertiary alicyclic amines) is 1. The molecule has 0 aromatic heterocycles. The molecule has 1 fully saturated rings. The molecule has 0 bridgehead atoms. The fourth-order valence-electron chi connectivity index (χ4n) is 2.72. The van der Waals surface area contributed by atoms with Gasteiger partial charge in [-0.25, -0.2) is 4.79 Å². The summed E-state index contributed by atoms with van der Waals surface area (Å²) in [7, 11) is 0. The summed E-state index contributed by atoms with van der Waals surface area (Å²) in [5.74, 6) is 0.664. The van der Waals surface area contributed by atoms with Crippen molar-refractivity contribution in [3.8, 4) is 5.75 Å². The van der Waals surface area contributed by atoms with Gasteiger partial charge in [0.1, 0.15) is 11.4 Å². The molecular weight excluding hydrogens is 332 g/mol. The first-order valence-electron chi connectivity index (χ1n) is 9.20. The lowest BCUT2D eigenvalue weighted by Gasteiger charge is -2.24. The predicted molar refractivity (Wildman–Crippen MR) is 100 cm³/mol. The number of carbonyl (C=O) groups is 2. The molecule has 0 saturated carbocycles. The number of aryl methyl sites for hydroxylation is 1. The Kier molecular flexibility index (Phi) is 6.89. The van der Waals surface area contributed by atoms with Crippen LogP contribution in [0.1, 0.15) is 39.2 Å². The molecular formula is C20H30N2O4. The van der Waals surface area contributed by atoms with Crippen molar-refractivity contribution < 1.29 is 19.1 Å². The number of hydrogen-bond acceptors (Lipinski definition) is 4. The second-order valence-electron chi connectivity index (χ2n) is 7.72. The summed E-state index contributed by atoms with van der Waals surface area (Å²) in [6.07, 6.45) is 1.06. The van der Waals surface area contributed by atoms with E-state index in [1.807, 2.05) is 52.0 Å². The maximum absolute atomic E-state index is 12.2. The smallest absolute Gasteiger partial charge is 0.410 e. The zero-order chi connectivity index (χ0) is 19.2. The molecule has 1 N–H and O–H groups in total. The summed E-state index contributed by atoms with van der Waals surface area (Å²) < 4.78 is 11.0. The predicted octanol–water partition coefficient (Wildman–Crippen LogP) is 3.14. The largest absolute Gasteiger partial charge is 0.494 e. The summed E-state index contributed by atoms with van der Waals surface area (Å²) >= 11 is 0. The molecule has 1 atom stereocenters. The first kappa shape index (κ1) is 20.1. The van der Waals surface area contributed by atoms with E-state index in [4.69, 9.17) is 9.47 Å². The van der Waals surface area contributed by atoms with Crippen LogP contribution in [0.4, 0.5) is 4.79 Å². The van der Waals surface area contributed by atoms with Gasteiger partial charge in [0, 0.05) is 19.6 Å². The van der Waals surface area contributed by atoms with E-state index in [-0.39, 0.29) is 17.9 Å². The molecule has 2 rings (SSSR count). The molecule has 1 aromatic carbocycles. The van der Waals surface area contributed by atoms with Crippen LogP contribution in [-0.4, -0.2) is 48.7 Å². The summed E-state index contributed by atoms with van der Waals surface area (Å²) in [5.41, 5.74) is 0.677. The van der Waals surface area contributed by atoms with Crippen LogP contribution in [0.5, 0.6) is 5.75 Å². The number of amides is 2. The molecule has 1 aromatic rings. The average molecular weight is 362 g/mol. The zero-order valence-corrected chi connectivity index (χ0v) is 16.2. The molecule has 144 valence electrons. The highest BCUT2D eigenvalue weighted by Gasteiger charge is 2.33. The number of ether oxygens (including phenoxy) is 2. The van der Waals surface area contributed by atoms with Gasteiger partial charge >= 0.3 is 6.09 Å². The van der Waals surface area contributed by atoms with Crippen LogP contribution < -0.4 is 10.1 Å². The van der Waals surface area contributed by atoms with Gasteiger partial charge in [-0.15, -0.1) is 0 Å². The highest BCUT2D eigenvalue weighted by Crippen LogP contribution is 2.19. The van der Waals surface area contributed by atoms with E-state index in [2.05, 4.69) is 5.32 Å². The molecule has 0 aliphatic carbocycles. The maximum Gasteiger partial charge on any atom is 0.410 e. The molecule has 1 saturated heterocycles. The molecule has 1 heterocycles. The quantitative estimate of drug-likeness (QED) is 0.790. The van der Waals surface area contributed by atoms with E-state index in [0.29, 0.717) is 32.7 Å². The van der Waals surface area contributed by atoms with E-state index in [9.17, 15) is 9.59 Å². The van der Waals surface area contributed by atoms with Crippen LogP contribution in [0.15, 0.2) is 24.3 Å². The number of benzene rings is 1. The van der Waals surface area contributed by atoms with Crippen LogP contribution in [0.25, 0.3) is 0 Å². The molecule has 2 amide bonds. The molecule has 1 aliphatic rings.